The van der Waals surface area contributed by atoms with Crippen LogP contribution < -0.4 is 15.4 Å². The molecule has 0 bridgehead atoms. The lowest BCUT2D eigenvalue weighted by molar-refractivity contribution is -0.123. The number of carbonyl (C=O) groups is 1. The van der Waals surface area contributed by atoms with E-state index in [1.165, 1.54) is 0 Å². The van der Waals surface area contributed by atoms with Gasteiger partial charge in [-0.1, -0.05) is 18.5 Å². The molecule has 0 aliphatic heterocycles. The maximum absolute atomic E-state index is 12.1. The van der Waals surface area contributed by atoms with Crippen LogP contribution in [-0.2, 0) is 4.79 Å². The van der Waals surface area contributed by atoms with Crippen LogP contribution in [0.25, 0.3) is 0 Å². The first-order chi connectivity index (χ1) is 9.29. The molecule has 5 heteroatoms. The molecule has 4 nitrogen and oxygen atoms in total. The summed E-state index contributed by atoms with van der Waals surface area (Å²) in [5.41, 5.74) is 0.581. The van der Waals surface area contributed by atoms with Crippen LogP contribution in [-0.4, -0.2) is 24.6 Å². The molecule has 1 rings (SSSR count). The average Bonchev–Trinajstić information content (AvgIpc) is 2.38. The van der Waals surface area contributed by atoms with Crippen molar-refractivity contribution < 1.29 is 9.53 Å². The van der Waals surface area contributed by atoms with Crippen LogP contribution in [0.1, 0.15) is 34.1 Å². The summed E-state index contributed by atoms with van der Waals surface area (Å²) in [7, 11) is 1.57. The molecule has 1 aromatic rings. The first-order valence-electron chi connectivity index (χ1n) is 6.71. The molecule has 0 heterocycles. The summed E-state index contributed by atoms with van der Waals surface area (Å²) in [6.45, 7) is 7.87. The molecule has 1 aromatic carbocycles. The third kappa shape index (κ3) is 4.60. The summed E-state index contributed by atoms with van der Waals surface area (Å²) in [6.07, 6.45) is 0.875. The van der Waals surface area contributed by atoms with E-state index in [-0.39, 0.29) is 17.5 Å². The summed E-state index contributed by atoms with van der Waals surface area (Å²) in [5.74, 6) is 0.574. The van der Waals surface area contributed by atoms with E-state index in [0.29, 0.717) is 10.8 Å². The molecule has 0 fully saturated rings. The smallest absolute Gasteiger partial charge is 0.242 e. The fraction of sp³-hybridized carbons (Fsp3) is 0.533. The summed E-state index contributed by atoms with van der Waals surface area (Å²) in [4.78, 5) is 12.1. The highest BCUT2D eigenvalue weighted by molar-refractivity contribution is 6.32. The first-order valence-corrected chi connectivity index (χ1v) is 7.09. The number of anilines is 1. The van der Waals surface area contributed by atoms with Crippen LogP contribution >= 0.6 is 11.6 Å². The van der Waals surface area contributed by atoms with Gasteiger partial charge in [0.1, 0.15) is 11.8 Å². The van der Waals surface area contributed by atoms with Crippen LogP contribution in [0.4, 0.5) is 5.69 Å². The van der Waals surface area contributed by atoms with Crippen molar-refractivity contribution in [2.24, 2.45) is 0 Å². The molecule has 0 aromatic heterocycles. The Labute approximate surface area is 125 Å². The van der Waals surface area contributed by atoms with E-state index in [9.17, 15) is 4.79 Å². The van der Waals surface area contributed by atoms with Gasteiger partial charge in [-0.15, -0.1) is 0 Å². The average molecular weight is 299 g/mol. The maximum Gasteiger partial charge on any atom is 0.242 e. The number of benzene rings is 1. The van der Waals surface area contributed by atoms with Crippen molar-refractivity contribution in [2.45, 2.75) is 45.7 Å². The molecule has 0 saturated heterocycles. The lowest BCUT2D eigenvalue weighted by Crippen LogP contribution is -2.48. The van der Waals surface area contributed by atoms with Gasteiger partial charge in [-0.3, -0.25) is 4.79 Å². The molecule has 1 unspecified atom stereocenters. The Bertz CT molecular complexity index is 475. The number of carbonyl (C=O) groups excluding carboxylic acids is 1. The molecule has 0 radical (unpaired) electrons. The van der Waals surface area contributed by atoms with Gasteiger partial charge in [-0.25, -0.2) is 0 Å². The second kappa shape index (κ2) is 6.84. The standard InChI is InChI=1S/C15H23ClN2O2/c1-6-15(3,4)18-14(19)10(2)17-11-7-8-13(20-5)12(16)9-11/h7-10,17H,6H2,1-5H3,(H,18,19). The first kappa shape index (κ1) is 16.6. The molecule has 20 heavy (non-hydrogen) atoms. The highest BCUT2D eigenvalue weighted by Crippen LogP contribution is 2.27. The van der Waals surface area contributed by atoms with E-state index in [1.54, 1.807) is 19.2 Å². The number of nitrogens with one attached hydrogen (secondary N) is 2. The Balaban J connectivity index is 2.68. The topological polar surface area (TPSA) is 50.4 Å². The zero-order valence-electron chi connectivity index (χ0n) is 12.7. The number of methoxy groups -OCH3 is 1. The molecule has 1 amide bonds. The summed E-state index contributed by atoms with van der Waals surface area (Å²) in [6, 6.07) is 5.00. The summed E-state index contributed by atoms with van der Waals surface area (Å²) >= 11 is 6.06. The molecule has 0 saturated carbocycles. The number of halogens is 1. The van der Waals surface area contributed by atoms with Crippen LogP contribution in [0.5, 0.6) is 5.75 Å². The third-order valence-corrected chi connectivity index (χ3v) is 3.57. The Morgan fingerprint density at radius 3 is 2.60 bits per heavy atom. The Morgan fingerprint density at radius 2 is 2.10 bits per heavy atom. The van der Waals surface area contributed by atoms with E-state index in [4.69, 9.17) is 16.3 Å². The fourth-order valence-electron chi connectivity index (χ4n) is 1.60. The van der Waals surface area contributed by atoms with Gasteiger partial charge in [0.25, 0.3) is 0 Å². The van der Waals surface area contributed by atoms with E-state index < -0.39 is 0 Å². The normalized spacial score (nSPS) is 12.7. The predicted molar refractivity (Wildman–Crippen MR) is 83.6 cm³/mol. The van der Waals surface area contributed by atoms with Gasteiger partial charge in [-0.05, 0) is 45.4 Å². The maximum atomic E-state index is 12.1. The van der Waals surface area contributed by atoms with Crippen molar-refractivity contribution in [2.75, 3.05) is 12.4 Å². The lowest BCUT2D eigenvalue weighted by atomic mass is 10.0. The Hall–Kier alpha value is -1.42. The molecule has 0 aliphatic rings. The van der Waals surface area contributed by atoms with Crippen LogP contribution in [0.2, 0.25) is 5.02 Å². The second-order valence-corrected chi connectivity index (χ2v) is 5.85. The monoisotopic (exact) mass is 298 g/mol. The van der Waals surface area contributed by atoms with Crippen molar-refractivity contribution in [3.05, 3.63) is 23.2 Å². The SMILES string of the molecule is CCC(C)(C)NC(=O)C(C)Nc1ccc(OC)c(Cl)c1. The van der Waals surface area contributed by atoms with Gasteiger partial charge in [-0.2, -0.15) is 0 Å². The van der Waals surface area contributed by atoms with Crippen LogP contribution in [0.15, 0.2) is 18.2 Å². The van der Waals surface area contributed by atoms with E-state index in [2.05, 4.69) is 10.6 Å². The lowest BCUT2D eigenvalue weighted by Gasteiger charge is -2.27. The van der Waals surface area contributed by atoms with Crippen LogP contribution in [0.3, 0.4) is 0 Å². The molecule has 2 N–H and O–H groups in total. The van der Waals surface area contributed by atoms with E-state index in [1.807, 2.05) is 33.8 Å². The van der Waals surface area contributed by atoms with Crippen LogP contribution in [0, 0.1) is 0 Å². The summed E-state index contributed by atoms with van der Waals surface area (Å²) < 4.78 is 5.09. The number of hydrogen-bond acceptors (Lipinski definition) is 3. The number of hydrogen-bond donors (Lipinski definition) is 2. The highest BCUT2D eigenvalue weighted by Gasteiger charge is 2.21. The largest absolute Gasteiger partial charge is 0.495 e. The van der Waals surface area contributed by atoms with Gasteiger partial charge in [0, 0.05) is 11.2 Å². The third-order valence-electron chi connectivity index (χ3n) is 3.27. The minimum absolute atomic E-state index is 0.0382. The molecular formula is C15H23ClN2O2. The van der Waals surface area contributed by atoms with Gasteiger partial charge in [0.2, 0.25) is 5.91 Å². The van der Waals surface area contributed by atoms with E-state index in [0.717, 1.165) is 12.1 Å². The van der Waals surface area contributed by atoms with E-state index >= 15 is 0 Å². The minimum Gasteiger partial charge on any atom is -0.495 e. The van der Waals surface area contributed by atoms with Gasteiger partial charge < -0.3 is 15.4 Å². The molecule has 0 aliphatic carbocycles. The molecule has 112 valence electrons. The second-order valence-electron chi connectivity index (χ2n) is 5.44. The number of amides is 1. The highest BCUT2D eigenvalue weighted by atomic mass is 35.5. The predicted octanol–water partition coefficient (Wildman–Crippen LogP) is 3.45. The molecule has 1 atom stereocenters. The fourth-order valence-corrected chi connectivity index (χ4v) is 1.86. The number of rotatable bonds is 6. The van der Waals surface area contributed by atoms with Crippen molar-refractivity contribution in [3.8, 4) is 5.75 Å². The molecule has 0 spiro atoms. The zero-order chi connectivity index (χ0) is 15.3. The number of ether oxygens (including phenoxy) is 1. The van der Waals surface area contributed by atoms with Crippen molar-refractivity contribution in [1.29, 1.82) is 0 Å². The zero-order valence-corrected chi connectivity index (χ0v) is 13.5. The van der Waals surface area contributed by atoms with Crippen molar-refractivity contribution in [1.82, 2.24) is 5.32 Å². The van der Waals surface area contributed by atoms with Crippen molar-refractivity contribution >= 4 is 23.2 Å². The summed E-state index contributed by atoms with van der Waals surface area (Å²) in [5, 5.41) is 6.65. The van der Waals surface area contributed by atoms with Crippen molar-refractivity contribution in [3.63, 3.8) is 0 Å². The van der Waals surface area contributed by atoms with Gasteiger partial charge >= 0.3 is 0 Å². The van der Waals surface area contributed by atoms with Gasteiger partial charge in [0.15, 0.2) is 0 Å². The molecular weight excluding hydrogens is 276 g/mol. The Morgan fingerprint density at radius 1 is 1.45 bits per heavy atom. The Kier molecular flexibility index (Phi) is 5.69. The van der Waals surface area contributed by atoms with Gasteiger partial charge in [0.05, 0.1) is 12.1 Å². The quantitative estimate of drug-likeness (QED) is 0.845. The minimum atomic E-state index is -0.342.